The fourth-order valence-electron chi connectivity index (χ4n) is 4.08. The standard InChI is InChI=1S/C17H34N2O2/c1-15-5-4-6-17(11-15,13-18-7-9-20-3)14-19-8-10-21-12-16(19)2/h15-16,18H,4-14H2,1-3H3. The highest BCUT2D eigenvalue weighted by Crippen LogP contribution is 2.40. The van der Waals surface area contributed by atoms with Crippen LogP contribution in [0.2, 0.25) is 0 Å². The van der Waals surface area contributed by atoms with Gasteiger partial charge in [-0.2, -0.15) is 0 Å². The van der Waals surface area contributed by atoms with Crippen molar-refractivity contribution in [3.63, 3.8) is 0 Å². The van der Waals surface area contributed by atoms with Crippen molar-refractivity contribution < 1.29 is 9.47 Å². The lowest BCUT2D eigenvalue weighted by Gasteiger charge is -2.46. The quantitative estimate of drug-likeness (QED) is 0.730. The van der Waals surface area contributed by atoms with Crippen LogP contribution in [0.3, 0.4) is 0 Å². The number of nitrogens with one attached hydrogen (secondary N) is 1. The lowest BCUT2D eigenvalue weighted by atomic mass is 9.69. The van der Waals surface area contributed by atoms with E-state index in [0.29, 0.717) is 11.5 Å². The molecule has 1 saturated heterocycles. The predicted molar refractivity (Wildman–Crippen MR) is 86.7 cm³/mol. The SMILES string of the molecule is COCCNCC1(CN2CCOCC2C)CCCC(C)C1. The third-order valence-electron chi connectivity index (χ3n) is 5.21. The van der Waals surface area contributed by atoms with Gasteiger partial charge in [-0.05, 0) is 31.1 Å². The molecule has 1 heterocycles. The largest absolute Gasteiger partial charge is 0.383 e. The highest BCUT2D eigenvalue weighted by Gasteiger charge is 2.37. The summed E-state index contributed by atoms with van der Waals surface area (Å²) in [5, 5.41) is 3.64. The zero-order chi connectivity index (χ0) is 15.1. The molecule has 2 fully saturated rings. The molecule has 1 aliphatic heterocycles. The first-order valence-corrected chi connectivity index (χ1v) is 8.67. The van der Waals surface area contributed by atoms with E-state index in [1.54, 1.807) is 7.11 Å². The number of hydrogen-bond donors (Lipinski definition) is 1. The van der Waals surface area contributed by atoms with E-state index in [-0.39, 0.29) is 0 Å². The number of rotatable bonds is 7. The zero-order valence-electron chi connectivity index (χ0n) is 14.2. The molecule has 2 aliphatic rings. The minimum absolute atomic E-state index is 0.441. The molecule has 4 heteroatoms. The van der Waals surface area contributed by atoms with Crippen molar-refractivity contribution in [1.82, 2.24) is 10.2 Å². The van der Waals surface area contributed by atoms with Crippen LogP contribution in [0, 0.1) is 11.3 Å². The Morgan fingerprint density at radius 1 is 1.38 bits per heavy atom. The minimum atomic E-state index is 0.441. The van der Waals surface area contributed by atoms with Gasteiger partial charge >= 0.3 is 0 Å². The molecule has 0 amide bonds. The van der Waals surface area contributed by atoms with Gasteiger partial charge < -0.3 is 14.8 Å². The number of hydrogen-bond acceptors (Lipinski definition) is 4. The van der Waals surface area contributed by atoms with E-state index >= 15 is 0 Å². The van der Waals surface area contributed by atoms with E-state index < -0.39 is 0 Å². The van der Waals surface area contributed by atoms with Crippen molar-refractivity contribution in [2.75, 3.05) is 53.1 Å². The summed E-state index contributed by atoms with van der Waals surface area (Å²) in [6.07, 6.45) is 5.50. The molecule has 1 N–H and O–H groups in total. The Balaban J connectivity index is 1.93. The second kappa shape index (κ2) is 8.47. The summed E-state index contributed by atoms with van der Waals surface area (Å²) in [4.78, 5) is 2.65. The molecular formula is C17H34N2O2. The Morgan fingerprint density at radius 3 is 2.95 bits per heavy atom. The Kier molecular flexibility index (Phi) is 6.93. The van der Waals surface area contributed by atoms with Gasteiger partial charge in [-0.1, -0.05) is 19.8 Å². The summed E-state index contributed by atoms with van der Waals surface area (Å²) in [5.41, 5.74) is 0.441. The van der Waals surface area contributed by atoms with Crippen LogP contribution >= 0.6 is 0 Å². The molecule has 0 radical (unpaired) electrons. The smallest absolute Gasteiger partial charge is 0.0619 e. The van der Waals surface area contributed by atoms with Crippen LogP contribution in [0.15, 0.2) is 0 Å². The normalized spacial score (nSPS) is 35.0. The molecule has 0 aromatic rings. The summed E-state index contributed by atoms with van der Waals surface area (Å²) in [7, 11) is 1.77. The van der Waals surface area contributed by atoms with E-state index in [4.69, 9.17) is 9.47 Å². The molecule has 0 spiro atoms. The van der Waals surface area contributed by atoms with Crippen LogP contribution in [-0.4, -0.2) is 64.1 Å². The summed E-state index contributed by atoms with van der Waals surface area (Å²) in [6.45, 7) is 11.7. The van der Waals surface area contributed by atoms with E-state index in [2.05, 4.69) is 24.1 Å². The maximum Gasteiger partial charge on any atom is 0.0619 e. The van der Waals surface area contributed by atoms with Gasteiger partial charge in [0.25, 0.3) is 0 Å². The summed E-state index contributed by atoms with van der Waals surface area (Å²) < 4.78 is 10.8. The van der Waals surface area contributed by atoms with Crippen LogP contribution < -0.4 is 5.32 Å². The zero-order valence-corrected chi connectivity index (χ0v) is 14.2. The third-order valence-corrected chi connectivity index (χ3v) is 5.21. The molecule has 0 bridgehead atoms. The topological polar surface area (TPSA) is 33.7 Å². The number of ether oxygens (including phenoxy) is 2. The molecule has 0 aromatic carbocycles. The van der Waals surface area contributed by atoms with Crippen LogP contribution in [0.25, 0.3) is 0 Å². The van der Waals surface area contributed by atoms with Crippen molar-refractivity contribution in [2.45, 2.75) is 45.6 Å². The summed E-state index contributed by atoms with van der Waals surface area (Å²) in [5.74, 6) is 0.860. The summed E-state index contributed by atoms with van der Waals surface area (Å²) >= 11 is 0. The average Bonchev–Trinajstić information content (AvgIpc) is 2.46. The number of methoxy groups -OCH3 is 1. The van der Waals surface area contributed by atoms with Gasteiger partial charge in [-0.15, -0.1) is 0 Å². The van der Waals surface area contributed by atoms with Gasteiger partial charge in [0.15, 0.2) is 0 Å². The second-order valence-electron chi connectivity index (χ2n) is 7.27. The fourth-order valence-corrected chi connectivity index (χ4v) is 4.08. The Bertz CT molecular complexity index is 301. The predicted octanol–water partition coefficient (Wildman–Crippen LogP) is 2.14. The maximum atomic E-state index is 5.59. The van der Waals surface area contributed by atoms with Crippen LogP contribution in [0.1, 0.15) is 39.5 Å². The first-order chi connectivity index (χ1) is 10.2. The third kappa shape index (κ3) is 5.20. The van der Waals surface area contributed by atoms with Crippen LogP contribution in [0.5, 0.6) is 0 Å². The first kappa shape index (κ1) is 17.2. The molecule has 3 unspecified atom stereocenters. The van der Waals surface area contributed by atoms with E-state index in [9.17, 15) is 0 Å². The van der Waals surface area contributed by atoms with Gasteiger partial charge in [0, 0.05) is 39.3 Å². The molecular weight excluding hydrogens is 264 g/mol. The van der Waals surface area contributed by atoms with Gasteiger partial charge in [0.1, 0.15) is 0 Å². The van der Waals surface area contributed by atoms with Gasteiger partial charge in [0.05, 0.1) is 19.8 Å². The van der Waals surface area contributed by atoms with Gasteiger partial charge in [0.2, 0.25) is 0 Å². The molecule has 1 aliphatic carbocycles. The molecule has 3 atom stereocenters. The van der Waals surface area contributed by atoms with Crippen molar-refractivity contribution in [1.29, 1.82) is 0 Å². The molecule has 1 saturated carbocycles. The lowest BCUT2D eigenvalue weighted by Crippen LogP contribution is -2.52. The lowest BCUT2D eigenvalue weighted by molar-refractivity contribution is -0.0308. The van der Waals surface area contributed by atoms with Crippen molar-refractivity contribution in [3.05, 3.63) is 0 Å². The van der Waals surface area contributed by atoms with Crippen LogP contribution in [0.4, 0.5) is 0 Å². The van der Waals surface area contributed by atoms with Crippen LogP contribution in [-0.2, 0) is 9.47 Å². The number of morpholine rings is 1. The van der Waals surface area contributed by atoms with Gasteiger partial charge in [-0.25, -0.2) is 0 Å². The molecule has 124 valence electrons. The first-order valence-electron chi connectivity index (χ1n) is 8.67. The Morgan fingerprint density at radius 2 is 2.24 bits per heavy atom. The Hall–Kier alpha value is -0.160. The van der Waals surface area contributed by atoms with Crippen molar-refractivity contribution in [3.8, 4) is 0 Å². The van der Waals surface area contributed by atoms with E-state index in [1.807, 2.05) is 0 Å². The summed E-state index contributed by atoms with van der Waals surface area (Å²) in [6, 6.07) is 0.562. The van der Waals surface area contributed by atoms with Crippen molar-refractivity contribution >= 4 is 0 Å². The molecule has 21 heavy (non-hydrogen) atoms. The fraction of sp³-hybridized carbons (Fsp3) is 1.00. The highest BCUT2D eigenvalue weighted by molar-refractivity contribution is 4.91. The maximum absolute atomic E-state index is 5.59. The highest BCUT2D eigenvalue weighted by atomic mass is 16.5. The van der Waals surface area contributed by atoms with E-state index in [1.165, 1.54) is 32.2 Å². The molecule has 0 aromatic heterocycles. The monoisotopic (exact) mass is 298 g/mol. The molecule has 2 rings (SSSR count). The number of nitrogens with zero attached hydrogens (tertiary/aromatic N) is 1. The Labute approximate surface area is 130 Å². The van der Waals surface area contributed by atoms with Gasteiger partial charge in [-0.3, -0.25) is 4.90 Å². The average molecular weight is 298 g/mol. The van der Waals surface area contributed by atoms with E-state index in [0.717, 1.165) is 45.4 Å². The second-order valence-corrected chi connectivity index (χ2v) is 7.27. The van der Waals surface area contributed by atoms with Crippen molar-refractivity contribution in [2.24, 2.45) is 11.3 Å². The molecule has 4 nitrogen and oxygen atoms in total. The minimum Gasteiger partial charge on any atom is -0.383 e.